The molecule has 2 aromatic rings. The number of hydrogen-bond donors (Lipinski definition) is 1. The molecular formula is C19H25NO3S. The quantitative estimate of drug-likeness (QED) is 0.558. The first kappa shape index (κ1) is 18.6. The van der Waals surface area contributed by atoms with Crippen LogP contribution in [0.2, 0.25) is 0 Å². The van der Waals surface area contributed by atoms with E-state index in [2.05, 4.69) is 24.4 Å². The smallest absolute Gasteiger partial charge is 0.296 e. The van der Waals surface area contributed by atoms with E-state index in [1.54, 1.807) is 24.3 Å². The van der Waals surface area contributed by atoms with Gasteiger partial charge in [0.25, 0.3) is 10.1 Å². The van der Waals surface area contributed by atoms with Crippen LogP contribution in [0.15, 0.2) is 59.5 Å². The predicted molar refractivity (Wildman–Crippen MR) is 96.5 cm³/mol. The van der Waals surface area contributed by atoms with E-state index in [1.165, 1.54) is 5.56 Å². The van der Waals surface area contributed by atoms with E-state index in [-0.39, 0.29) is 11.5 Å². The van der Waals surface area contributed by atoms with Gasteiger partial charge in [0.2, 0.25) is 0 Å². The van der Waals surface area contributed by atoms with Gasteiger partial charge in [0, 0.05) is 6.04 Å². The second kappa shape index (κ2) is 8.97. The zero-order valence-corrected chi connectivity index (χ0v) is 15.1. The van der Waals surface area contributed by atoms with Gasteiger partial charge in [-0.2, -0.15) is 8.42 Å². The standard InChI is InChI=1S/C19H25NO3S/c1-16-9-11-19(12-10-16)24(21,22)23-14-6-13-20-17(2)15-18-7-4-3-5-8-18/h3-5,7-12,17,20H,6,13-15H2,1-2H3. The molecule has 0 saturated heterocycles. The Bertz CT molecular complexity index is 712. The molecule has 1 N–H and O–H groups in total. The first-order valence-corrected chi connectivity index (χ1v) is 9.61. The molecule has 0 aliphatic heterocycles. The molecule has 0 bridgehead atoms. The lowest BCUT2D eigenvalue weighted by molar-refractivity contribution is 0.307. The van der Waals surface area contributed by atoms with Crippen LogP contribution in [0, 0.1) is 6.92 Å². The highest BCUT2D eigenvalue weighted by molar-refractivity contribution is 7.86. The minimum Gasteiger partial charge on any atom is -0.314 e. The Morgan fingerprint density at radius 2 is 1.71 bits per heavy atom. The van der Waals surface area contributed by atoms with Crippen molar-refractivity contribution in [2.24, 2.45) is 0 Å². The summed E-state index contributed by atoms with van der Waals surface area (Å²) in [5.74, 6) is 0. The Morgan fingerprint density at radius 3 is 2.38 bits per heavy atom. The van der Waals surface area contributed by atoms with E-state index in [9.17, 15) is 8.42 Å². The molecule has 1 atom stereocenters. The van der Waals surface area contributed by atoms with E-state index in [1.807, 2.05) is 25.1 Å². The van der Waals surface area contributed by atoms with Crippen LogP contribution in [-0.2, 0) is 20.7 Å². The molecule has 2 rings (SSSR count). The molecule has 130 valence electrons. The molecule has 0 fully saturated rings. The molecule has 24 heavy (non-hydrogen) atoms. The third kappa shape index (κ3) is 6.07. The van der Waals surface area contributed by atoms with Crippen LogP contribution in [0.1, 0.15) is 24.5 Å². The largest absolute Gasteiger partial charge is 0.314 e. The van der Waals surface area contributed by atoms with E-state index >= 15 is 0 Å². The maximum absolute atomic E-state index is 12.0. The fraction of sp³-hybridized carbons (Fsp3) is 0.368. The number of nitrogens with one attached hydrogen (secondary N) is 1. The highest BCUT2D eigenvalue weighted by Crippen LogP contribution is 2.13. The van der Waals surface area contributed by atoms with E-state index < -0.39 is 10.1 Å². The lowest BCUT2D eigenvalue weighted by atomic mass is 10.1. The molecular weight excluding hydrogens is 322 g/mol. The van der Waals surface area contributed by atoms with Crippen molar-refractivity contribution in [3.05, 3.63) is 65.7 Å². The fourth-order valence-corrected chi connectivity index (χ4v) is 3.34. The lowest BCUT2D eigenvalue weighted by Crippen LogP contribution is -2.29. The summed E-state index contributed by atoms with van der Waals surface area (Å²) in [5.41, 5.74) is 2.31. The second-order valence-electron chi connectivity index (χ2n) is 5.99. The van der Waals surface area contributed by atoms with Gasteiger partial charge in [0.1, 0.15) is 0 Å². The van der Waals surface area contributed by atoms with Crippen LogP contribution >= 0.6 is 0 Å². The van der Waals surface area contributed by atoms with Crippen molar-refractivity contribution in [2.75, 3.05) is 13.2 Å². The van der Waals surface area contributed by atoms with Gasteiger partial charge < -0.3 is 5.32 Å². The molecule has 5 heteroatoms. The van der Waals surface area contributed by atoms with Crippen molar-refractivity contribution in [1.29, 1.82) is 0 Å². The molecule has 2 aromatic carbocycles. The topological polar surface area (TPSA) is 55.4 Å². The van der Waals surface area contributed by atoms with Crippen molar-refractivity contribution in [2.45, 2.75) is 37.6 Å². The molecule has 0 aliphatic carbocycles. The summed E-state index contributed by atoms with van der Waals surface area (Å²) in [6.45, 7) is 4.94. The average Bonchev–Trinajstić information content (AvgIpc) is 2.56. The molecule has 0 saturated carbocycles. The van der Waals surface area contributed by atoms with Crippen LogP contribution in [0.3, 0.4) is 0 Å². The molecule has 0 aliphatic rings. The van der Waals surface area contributed by atoms with E-state index in [4.69, 9.17) is 4.18 Å². The minimum absolute atomic E-state index is 0.182. The zero-order valence-electron chi connectivity index (χ0n) is 14.2. The van der Waals surface area contributed by atoms with Crippen molar-refractivity contribution < 1.29 is 12.6 Å². The molecule has 0 aromatic heterocycles. The van der Waals surface area contributed by atoms with Crippen molar-refractivity contribution in [3.8, 4) is 0 Å². The number of hydrogen-bond acceptors (Lipinski definition) is 4. The summed E-state index contributed by atoms with van der Waals surface area (Å²) in [5, 5.41) is 3.39. The van der Waals surface area contributed by atoms with Gasteiger partial charge in [0.15, 0.2) is 0 Å². The fourth-order valence-electron chi connectivity index (χ4n) is 2.40. The molecule has 0 spiro atoms. The first-order valence-electron chi connectivity index (χ1n) is 8.21. The summed E-state index contributed by atoms with van der Waals surface area (Å²) in [4.78, 5) is 0.207. The normalized spacial score (nSPS) is 12.9. The van der Waals surface area contributed by atoms with Gasteiger partial charge in [-0.1, -0.05) is 48.0 Å². The van der Waals surface area contributed by atoms with Crippen molar-refractivity contribution in [1.82, 2.24) is 5.32 Å². The zero-order chi connectivity index (χ0) is 17.4. The van der Waals surface area contributed by atoms with Crippen molar-refractivity contribution >= 4 is 10.1 Å². The lowest BCUT2D eigenvalue weighted by Gasteiger charge is -2.14. The number of benzene rings is 2. The number of rotatable bonds is 9. The first-order chi connectivity index (χ1) is 11.5. The Balaban J connectivity index is 1.68. The van der Waals surface area contributed by atoms with Gasteiger partial charge in [0.05, 0.1) is 11.5 Å². The second-order valence-corrected chi connectivity index (χ2v) is 7.60. The SMILES string of the molecule is Cc1ccc(S(=O)(=O)OCCCNC(C)Cc2ccccc2)cc1. The Morgan fingerprint density at radius 1 is 1.04 bits per heavy atom. The van der Waals surface area contributed by atoms with Crippen molar-refractivity contribution in [3.63, 3.8) is 0 Å². The van der Waals surface area contributed by atoms with Gasteiger partial charge in [-0.25, -0.2) is 0 Å². The molecule has 1 unspecified atom stereocenters. The summed E-state index contributed by atoms with van der Waals surface area (Å²) < 4.78 is 29.2. The van der Waals surface area contributed by atoms with Gasteiger partial charge in [-0.3, -0.25) is 4.18 Å². The van der Waals surface area contributed by atoms with Crippen LogP contribution in [0.25, 0.3) is 0 Å². The Kier molecular flexibility index (Phi) is 6.97. The average molecular weight is 347 g/mol. The summed E-state index contributed by atoms with van der Waals surface area (Å²) in [6.07, 6.45) is 1.59. The Hall–Kier alpha value is -1.69. The summed E-state index contributed by atoms with van der Waals surface area (Å²) in [6, 6.07) is 17.3. The van der Waals surface area contributed by atoms with Crippen LogP contribution < -0.4 is 5.32 Å². The monoisotopic (exact) mass is 347 g/mol. The summed E-state index contributed by atoms with van der Waals surface area (Å²) in [7, 11) is -3.65. The maximum Gasteiger partial charge on any atom is 0.296 e. The minimum atomic E-state index is -3.65. The van der Waals surface area contributed by atoms with Crippen LogP contribution in [0.5, 0.6) is 0 Å². The molecule has 0 radical (unpaired) electrons. The van der Waals surface area contributed by atoms with Gasteiger partial charge in [-0.05, 0) is 50.9 Å². The van der Waals surface area contributed by atoms with Crippen LogP contribution in [0.4, 0.5) is 0 Å². The maximum atomic E-state index is 12.0. The molecule has 0 amide bonds. The number of aryl methyl sites for hydroxylation is 1. The molecule has 4 nitrogen and oxygen atoms in total. The highest BCUT2D eigenvalue weighted by Gasteiger charge is 2.14. The Labute approximate surface area is 145 Å². The third-order valence-corrected chi connectivity index (χ3v) is 5.07. The van der Waals surface area contributed by atoms with Crippen LogP contribution in [-0.4, -0.2) is 27.6 Å². The summed E-state index contributed by atoms with van der Waals surface area (Å²) >= 11 is 0. The van der Waals surface area contributed by atoms with Gasteiger partial charge >= 0.3 is 0 Å². The van der Waals surface area contributed by atoms with E-state index in [0.29, 0.717) is 12.5 Å². The highest BCUT2D eigenvalue weighted by atomic mass is 32.2. The molecule has 0 heterocycles. The van der Waals surface area contributed by atoms with E-state index in [0.717, 1.165) is 18.5 Å². The third-order valence-electron chi connectivity index (χ3n) is 3.75. The van der Waals surface area contributed by atoms with Gasteiger partial charge in [-0.15, -0.1) is 0 Å². The predicted octanol–water partition coefficient (Wildman–Crippen LogP) is 3.31.